The van der Waals surface area contributed by atoms with Gasteiger partial charge in [0, 0.05) is 40.7 Å². The molecule has 0 aliphatic carbocycles. The van der Waals surface area contributed by atoms with Crippen molar-refractivity contribution in [1.82, 2.24) is 4.98 Å². The third-order valence-corrected chi connectivity index (χ3v) is 5.59. The Morgan fingerprint density at radius 3 is 2.58 bits per heavy atom. The number of hydrogen-bond donors (Lipinski definition) is 2. The number of unbranched alkanes of at least 4 members (excludes halogenated alkanes) is 2. The maximum atomic E-state index is 12.2. The Morgan fingerprint density at radius 2 is 1.87 bits per heavy atom. The van der Waals surface area contributed by atoms with Gasteiger partial charge in [-0.15, -0.1) is 0 Å². The van der Waals surface area contributed by atoms with E-state index >= 15 is 0 Å². The number of benzene rings is 2. The number of carbonyl (C=O) groups excluding carboxylic acids is 2. The summed E-state index contributed by atoms with van der Waals surface area (Å²) < 4.78 is 10.4. The summed E-state index contributed by atoms with van der Waals surface area (Å²) in [4.78, 5) is 27.4. The van der Waals surface area contributed by atoms with Crippen molar-refractivity contribution >= 4 is 28.5 Å². The SMILES string of the molecule is CCCCCC(=O)Nc1ccc2[nH]cc(C(C)c3ccc(C(=O)OC)cc3OC)c2c1. The van der Waals surface area contributed by atoms with Crippen LogP contribution < -0.4 is 10.1 Å². The van der Waals surface area contributed by atoms with E-state index in [1.54, 1.807) is 19.2 Å². The molecule has 6 nitrogen and oxygen atoms in total. The van der Waals surface area contributed by atoms with Crippen LogP contribution in [-0.4, -0.2) is 31.1 Å². The molecule has 0 fully saturated rings. The summed E-state index contributed by atoms with van der Waals surface area (Å²) in [5.74, 6) is 0.276. The minimum atomic E-state index is -0.399. The zero-order valence-corrected chi connectivity index (χ0v) is 18.6. The van der Waals surface area contributed by atoms with Gasteiger partial charge in [0.1, 0.15) is 5.75 Å². The molecule has 3 aromatic rings. The van der Waals surface area contributed by atoms with Gasteiger partial charge in [0.2, 0.25) is 5.91 Å². The van der Waals surface area contributed by atoms with Crippen LogP contribution in [0.5, 0.6) is 5.75 Å². The highest BCUT2D eigenvalue weighted by molar-refractivity contribution is 5.95. The first-order valence-corrected chi connectivity index (χ1v) is 10.7. The zero-order valence-electron chi connectivity index (χ0n) is 18.6. The van der Waals surface area contributed by atoms with Gasteiger partial charge < -0.3 is 19.8 Å². The maximum absolute atomic E-state index is 12.2. The summed E-state index contributed by atoms with van der Waals surface area (Å²) in [6, 6.07) is 11.2. The molecule has 0 bridgehead atoms. The molecule has 1 unspecified atom stereocenters. The lowest BCUT2D eigenvalue weighted by Crippen LogP contribution is -2.10. The summed E-state index contributed by atoms with van der Waals surface area (Å²) >= 11 is 0. The first kappa shape index (κ1) is 22.4. The zero-order chi connectivity index (χ0) is 22.4. The fourth-order valence-electron chi connectivity index (χ4n) is 3.82. The van der Waals surface area contributed by atoms with E-state index in [1.165, 1.54) is 7.11 Å². The summed E-state index contributed by atoms with van der Waals surface area (Å²) in [6.07, 6.45) is 5.57. The van der Waals surface area contributed by atoms with Gasteiger partial charge in [0.05, 0.1) is 19.8 Å². The normalized spacial score (nSPS) is 11.9. The second-order valence-electron chi connectivity index (χ2n) is 7.68. The Bertz CT molecular complexity index is 1070. The fourth-order valence-corrected chi connectivity index (χ4v) is 3.82. The highest BCUT2D eigenvalue weighted by Crippen LogP contribution is 2.36. The average Bonchev–Trinajstić information content (AvgIpc) is 3.21. The topological polar surface area (TPSA) is 80.4 Å². The lowest BCUT2D eigenvalue weighted by Gasteiger charge is -2.16. The van der Waals surface area contributed by atoms with Crippen molar-refractivity contribution in [3.8, 4) is 5.75 Å². The third-order valence-electron chi connectivity index (χ3n) is 5.59. The highest BCUT2D eigenvalue weighted by atomic mass is 16.5. The van der Waals surface area contributed by atoms with E-state index in [2.05, 4.69) is 24.1 Å². The molecule has 0 aliphatic heterocycles. The first-order chi connectivity index (χ1) is 15.0. The molecule has 1 amide bonds. The van der Waals surface area contributed by atoms with Crippen molar-refractivity contribution in [3.63, 3.8) is 0 Å². The molecule has 0 aliphatic rings. The van der Waals surface area contributed by atoms with Gasteiger partial charge >= 0.3 is 5.97 Å². The third kappa shape index (κ3) is 5.08. The Morgan fingerprint density at radius 1 is 1.06 bits per heavy atom. The van der Waals surface area contributed by atoms with Crippen LogP contribution in [0.25, 0.3) is 10.9 Å². The number of ether oxygens (including phenoxy) is 2. The lowest BCUT2D eigenvalue weighted by atomic mass is 9.91. The fraction of sp³-hybridized carbons (Fsp3) is 0.360. The van der Waals surface area contributed by atoms with Crippen LogP contribution in [0, 0.1) is 0 Å². The number of hydrogen-bond acceptors (Lipinski definition) is 4. The molecule has 0 spiro atoms. The Hall–Kier alpha value is -3.28. The molecule has 3 rings (SSSR count). The van der Waals surface area contributed by atoms with Crippen molar-refractivity contribution in [2.45, 2.75) is 45.4 Å². The largest absolute Gasteiger partial charge is 0.496 e. The van der Waals surface area contributed by atoms with Gasteiger partial charge in [-0.1, -0.05) is 32.8 Å². The number of anilines is 1. The molecule has 1 heterocycles. The van der Waals surface area contributed by atoms with Crippen molar-refractivity contribution < 1.29 is 19.1 Å². The molecular formula is C25H30N2O4. The van der Waals surface area contributed by atoms with Crippen molar-refractivity contribution in [2.75, 3.05) is 19.5 Å². The van der Waals surface area contributed by atoms with E-state index in [4.69, 9.17) is 9.47 Å². The molecular weight excluding hydrogens is 392 g/mol. The quantitative estimate of drug-likeness (QED) is 0.346. The van der Waals surface area contributed by atoms with Crippen LogP contribution in [0.1, 0.15) is 66.9 Å². The highest BCUT2D eigenvalue weighted by Gasteiger charge is 2.19. The monoisotopic (exact) mass is 422 g/mol. The molecule has 0 radical (unpaired) electrons. The number of H-pyrrole nitrogens is 1. The van der Waals surface area contributed by atoms with Gasteiger partial charge in [0.25, 0.3) is 0 Å². The number of amides is 1. The van der Waals surface area contributed by atoms with Crippen LogP contribution in [0.15, 0.2) is 42.6 Å². The summed E-state index contributed by atoms with van der Waals surface area (Å²) in [5.41, 5.74) is 4.28. The first-order valence-electron chi connectivity index (χ1n) is 10.7. The van der Waals surface area contributed by atoms with Gasteiger partial charge in [-0.05, 0) is 42.3 Å². The molecule has 1 atom stereocenters. The average molecular weight is 423 g/mol. The minimum absolute atomic E-state index is 0.00547. The number of aromatic nitrogens is 1. The van der Waals surface area contributed by atoms with E-state index in [9.17, 15) is 9.59 Å². The van der Waals surface area contributed by atoms with E-state index in [1.807, 2.05) is 30.5 Å². The van der Waals surface area contributed by atoms with Crippen molar-refractivity contribution in [2.24, 2.45) is 0 Å². The number of nitrogens with one attached hydrogen (secondary N) is 2. The molecule has 0 saturated carbocycles. The van der Waals surface area contributed by atoms with Gasteiger partial charge in [-0.25, -0.2) is 4.79 Å². The molecule has 31 heavy (non-hydrogen) atoms. The van der Waals surface area contributed by atoms with E-state index in [0.717, 1.165) is 47.0 Å². The Balaban J connectivity index is 1.88. The molecule has 2 N–H and O–H groups in total. The predicted molar refractivity (Wildman–Crippen MR) is 123 cm³/mol. The molecule has 2 aromatic carbocycles. The standard InChI is InChI=1S/C25H30N2O4/c1-5-6-7-8-24(28)27-18-10-12-22-20(14-18)21(15-26-22)16(2)19-11-9-17(25(29)31-4)13-23(19)30-3/h9-16,26H,5-8H2,1-4H3,(H,27,28). The number of methoxy groups -OCH3 is 2. The van der Waals surface area contributed by atoms with Gasteiger partial charge in [0.15, 0.2) is 0 Å². The van der Waals surface area contributed by atoms with Crippen molar-refractivity contribution in [1.29, 1.82) is 0 Å². The van der Waals surface area contributed by atoms with Gasteiger partial charge in [-0.3, -0.25) is 4.79 Å². The van der Waals surface area contributed by atoms with Crippen LogP contribution in [-0.2, 0) is 9.53 Å². The van der Waals surface area contributed by atoms with Crippen LogP contribution in [0.3, 0.4) is 0 Å². The molecule has 164 valence electrons. The predicted octanol–water partition coefficient (Wildman–Crippen LogP) is 5.63. The second kappa shape index (κ2) is 10.2. The van der Waals surface area contributed by atoms with Crippen LogP contribution in [0.2, 0.25) is 0 Å². The van der Waals surface area contributed by atoms with E-state index in [-0.39, 0.29) is 11.8 Å². The molecule has 6 heteroatoms. The lowest BCUT2D eigenvalue weighted by molar-refractivity contribution is -0.116. The van der Waals surface area contributed by atoms with E-state index < -0.39 is 5.97 Å². The van der Waals surface area contributed by atoms with Crippen LogP contribution >= 0.6 is 0 Å². The number of carbonyl (C=O) groups is 2. The van der Waals surface area contributed by atoms with Gasteiger partial charge in [-0.2, -0.15) is 0 Å². The second-order valence-corrected chi connectivity index (χ2v) is 7.68. The molecule has 0 saturated heterocycles. The minimum Gasteiger partial charge on any atom is -0.496 e. The summed E-state index contributed by atoms with van der Waals surface area (Å²) in [7, 11) is 2.95. The number of rotatable bonds is 9. The summed E-state index contributed by atoms with van der Waals surface area (Å²) in [5, 5.41) is 4.05. The van der Waals surface area contributed by atoms with Crippen molar-refractivity contribution in [3.05, 3.63) is 59.3 Å². The smallest absolute Gasteiger partial charge is 0.337 e. The Kier molecular flexibility index (Phi) is 7.34. The van der Waals surface area contributed by atoms with E-state index in [0.29, 0.717) is 17.7 Å². The number of esters is 1. The Labute approximate surface area is 182 Å². The number of fused-ring (bicyclic) bond motifs is 1. The summed E-state index contributed by atoms with van der Waals surface area (Å²) in [6.45, 7) is 4.21. The molecule has 1 aromatic heterocycles. The number of aromatic amines is 1. The van der Waals surface area contributed by atoms with Crippen LogP contribution in [0.4, 0.5) is 5.69 Å². The maximum Gasteiger partial charge on any atom is 0.337 e.